The first kappa shape index (κ1) is 12.5. The van der Waals surface area contributed by atoms with Crippen molar-refractivity contribution in [2.75, 3.05) is 0 Å². The molecular formula is C11H13ClN2O2. The largest absolute Gasteiger partial charge is 0.478 e. The molecule has 1 heterocycles. The molecule has 0 aliphatic heterocycles. The molecule has 0 saturated carbocycles. The predicted octanol–water partition coefficient (Wildman–Crippen LogP) is 2.81. The maximum Gasteiger partial charge on any atom is 0.335 e. The molecular weight excluding hydrogens is 228 g/mol. The van der Waals surface area contributed by atoms with Gasteiger partial charge in [0.2, 0.25) is 0 Å². The molecule has 0 spiro atoms. The van der Waals surface area contributed by atoms with Crippen LogP contribution in [-0.2, 0) is 0 Å². The van der Waals surface area contributed by atoms with Crippen LogP contribution in [0.4, 0.5) is 0 Å². The number of benzene rings is 1. The highest BCUT2D eigenvalue weighted by molar-refractivity contribution is 5.92. The van der Waals surface area contributed by atoms with Crippen molar-refractivity contribution in [1.82, 2.24) is 9.97 Å². The van der Waals surface area contributed by atoms with Gasteiger partial charge in [0.1, 0.15) is 5.82 Å². The summed E-state index contributed by atoms with van der Waals surface area (Å²) in [6.45, 7) is 4.08. The highest BCUT2D eigenvalue weighted by Gasteiger charge is 2.08. The topological polar surface area (TPSA) is 66.0 Å². The molecule has 0 saturated heterocycles. The summed E-state index contributed by atoms with van der Waals surface area (Å²) in [5.74, 6) is 0.274. The number of carbonyl (C=O) groups is 1. The minimum absolute atomic E-state index is 0. The lowest BCUT2D eigenvalue weighted by atomic mass is 10.2. The number of imidazole rings is 1. The van der Waals surface area contributed by atoms with Crippen LogP contribution in [0, 0.1) is 0 Å². The number of nitrogens with one attached hydrogen (secondary N) is 1. The maximum absolute atomic E-state index is 10.8. The number of halogens is 1. The first-order valence-electron chi connectivity index (χ1n) is 4.81. The Balaban J connectivity index is 0.00000128. The smallest absolute Gasteiger partial charge is 0.335 e. The third-order valence-corrected chi connectivity index (χ3v) is 2.29. The third kappa shape index (κ3) is 2.17. The van der Waals surface area contributed by atoms with Crippen molar-refractivity contribution < 1.29 is 9.90 Å². The van der Waals surface area contributed by atoms with Crippen molar-refractivity contribution >= 4 is 29.4 Å². The standard InChI is InChI=1S/C11H12N2O2.ClH/c1-6(2)10-12-8-4-3-7(11(14)15)5-9(8)13-10;/h3-6H,1-2H3,(H,12,13)(H,14,15);1H. The van der Waals surface area contributed by atoms with E-state index in [9.17, 15) is 4.79 Å². The predicted molar refractivity (Wildman–Crippen MR) is 64.4 cm³/mol. The molecule has 0 radical (unpaired) electrons. The van der Waals surface area contributed by atoms with E-state index in [1.165, 1.54) is 0 Å². The fourth-order valence-corrected chi connectivity index (χ4v) is 1.44. The molecule has 0 fully saturated rings. The lowest BCUT2D eigenvalue weighted by Crippen LogP contribution is -1.94. The number of aromatic carboxylic acids is 1. The number of hydrogen-bond donors (Lipinski definition) is 2. The zero-order chi connectivity index (χ0) is 11.0. The number of aromatic amines is 1. The van der Waals surface area contributed by atoms with E-state index in [2.05, 4.69) is 9.97 Å². The van der Waals surface area contributed by atoms with Crippen molar-refractivity contribution in [1.29, 1.82) is 0 Å². The quantitative estimate of drug-likeness (QED) is 0.848. The van der Waals surface area contributed by atoms with Crippen LogP contribution in [0.5, 0.6) is 0 Å². The van der Waals surface area contributed by atoms with E-state index in [-0.39, 0.29) is 18.0 Å². The van der Waals surface area contributed by atoms with E-state index >= 15 is 0 Å². The molecule has 2 N–H and O–H groups in total. The van der Waals surface area contributed by atoms with Crippen LogP contribution in [0.2, 0.25) is 0 Å². The van der Waals surface area contributed by atoms with Gasteiger partial charge in [0.05, 0.1) is 16.6 Å². The molecule has 4 nitrogen and oxygen atoms in total. The number of rotatable bonds is 2. The number of H-pyrrole nitrogens is 1. The van der Waals surface area contributed by atoms with Gasteiger partial charge >= 0.3 is 5.97 Å². The van der Waals surface area contributed by atoms with E-state index in [0.717, 1.165) is 16.9 Å². The molecule has 0 unspecified atom stereocenters. The van der Waals surface area contributed by atoms with Gasteiger partial charge in [-0.05, 0) is 18.2 Å². The lowest BCUT2D eigenvalue weighted by Gasteiger charge is -1.95. The van der Waals surface area contributed by atoms with Crippen LogP contribution in [0.15, 0.2) is 18.2 Å². The average Bonchev–Trinajstić information content (AvgIpc) is 2.59. The Morgan fingerprint density at radius 1 is 1.44 bits per heavy atom. The van der Waals surface area contributed by atoms with E-state index in [1.807, 2.05) is 13.8 Å². The monoisotopic (exact) mass is 240 g/mol. The fourth-order valence-electron chi connectivity index (χ4n) is 1.44. The van der Waals surface area contributed by atoms with Crippen LogP contribution in [0.25, 0.3) is 11.0 Å². The molecule has 0 amide bonds. The number of carboxylic acid groups (broad SMARTS) is 1. The zero-order valence-electron chi connectivity index (χ0n) is 9.02. The molecule has 16 heavy (non-hydrogen) atoms. The van der Waals surface area contributed by atoms with Crippen LogP contribution in [-0.4, -0.2) is 21.0 Å². The number of hydrogen-bond acceptors (Lipinski definition) is 2. The third-order valence-electron chi connectivity index (χ3n) is 2.29. The molecule has 0 atom stereocenters. The van der Waals surface area contributed by atoms with E-state index in [1.54, 1.807) is 18.2 Å². The van der Waals surface area contributed by atoms with Crippen LogP contribution < -0.4 is 0 Å². The summed E-state index contributed by atoms with van der Waals surface area (Å²) in [6.07, 6.45) is 0. The first-order valence-corrected chi connectivity index (χ1v) is 4.81. The van der Waals surface area contributed by atoms with Crippen molar-refractivity contribution in [2.45, 2.75) is 19.8 Å². The summed E-state index contributed by atoms with van der Waals surface area (Å²) in [4.78, 5) is 18.2. The Hall–Kier alpha value is -1.55. The fraction of sp³-hybridized carbons (Fsp3) is 0.273. The summed E-state index contributed by atoms with van der Waals surface area (Å²) >= 11 is 0. The van der Waals surface area contributed by atoms with E-state index in [0.29, 0.717) is 5.92 Å². The van der Waals surface area contributed by atoms with Gasteiger partial charge in [0.25, 0.3) is 0 Å². The highest BCUT2D eigenvalue weighted by atomic mass is 35.5. The molecule has 5 heteroatoms. The minimum atomic E-state index is -0.919. The van der Waals surface area contributed by atoms with E-state index < -0.39 is 5.97 Å². The average molecular weight is 241 g/mol. The van der Waals surface area contributed by atoms with Crippen LogP contribution in [0.3, 0.4) is 0 Å². The Kier molecular flexibility index (Phi) is 3.55. The van der Waals surface area contributed by atoms with Crippen molar-refractivity contribution in [3.63, 3.8) is 0 Å². The Bertz CT molecular complexity index is 520. The summed E-state index contributed by atoms with van der Waals surface area (Å²) in [7, 11) is 0. The number of aromatic nitrogens is 2. The Morgan fingerprint density at radius 3 is 2.69 bits per heavy atom. The van der Waals surface area contributed by atoms with E-state index in [4.69, 9.17) is 5.11 Å². The minimum Gasteiger partial charge on any atom is -0.478 e. The van der Waals surface area contributed by atoms with Gasteiger partial charge in [-0.1, -0.05) is 13.8 Å². The molecule has 1 aromatic heterocycles. The van der Waals surface area contributed by atoms with Gasteiger partial charge in [-0.3, -0.25) is 0 Å². The zero-order valence-corrected chi connectivity index (χ0v) is 9.84. The van der Waals surface area contributed by atoms with Gasteiger partial charge in [0.15, 0.2) is 0 Å². The summed E-state index contributed by atoms with van der Waals surface area (Å²) < 4.78 is 0. The van der Waals surface area contributed by atoms with Gasteiger partial charge in [-0.2, -0.15) is 0 Å². The van der Waals surface area contributed by atoms with Crippen molar-refractivity contribution in [3.8, 4) is 0 Å². The highest BCUT2D eigenvalue weighted by Crippen LogP contribution is 2.18. The summed E-state index contributed by atoms with van der Waals surface area (Å²) in [6, 6.07) is 4.90. The number of carboxylic acids is 1. The second-order valence-electron chi connectivity index (χ2n) is 3.81. The second kappa shape index (κ2) is 4.53. The second-order valence-corrected chi connectivity index (χ2v) is 3.81. The normalized spacial score (nSPS) is 10.4. The summed E-state index contributed by atoms with van der Waals surface area (Å²) in [5, 5.41) is 8.83. The maximum atomic E-state index is 10.8. The van der Waals surface area contributed by atoms with Gasteiger partial charge in [0, 0.05) is 5.92 Å². The molecule has 1 aromatic carbocycles. The Morgan fingerprint density at radius 2 is 2.12 bits per heavy atom. The molecule has 86 valence electrons. The molecule has 0 aliphatic rings. The van der Waals surface area contributed by atoms with Crippen LogP contribution >= 0.6 is 12.4 Å². The van der Waals surface area contributed by atoms with Crippen molar-refractivity contribution in [3.05, 3.63) is 29.6 Å². The number of fused-ring (bicyclic) bond motifs is 1. The molecule has 0 bridgehead atoms. The lowest BCUT2D eigenvalue weighted by molar-refractivity contribution is 0.0697. The van der Waals surface area contributed by atoms with Crippen LogP contribution in [0.1, 0.15) is 35.9 Å². The Labute approximate surface area is 99.1 Å². The number of nitrogens with zero attached hydrogens (tertiary/aromatic N) is 1. The molecule has 0 aliphatic carbocycles. The van der Waals surface area contributed by atoms with Crippen molar-refractivity contribution in [2.24, 2.45) is 0 Å². The first-order chi connectivity index (χ1) is 7.08. The molecule has 2 aromatic rings. The van der Waals surface area contributed by atoms with Gasteiger partial charge in [-0.15, -0.1) is 12.4 Å². The summed E-state index contributed by atoms with van der Waals surface area (Å²) in [5.41, 5.74) is 1.86. The van der Waals surface area contributed by atoms with Gasteiger partial charge in [-0.25, -0.2) is 9.78 Å². The molecule has 2 rings (SSSR count). The van der Waals surface area contributed by atoms with Gasteiger partial charge < -0.3 is 10.1 Å². The SMILES string of the molecule is CC(C)c1nc2ccc(C(=O)O)cc2[nH]1.Cl.